The predicted molar refractivity (Wildman–Crippen MR) is 56.3 cm³/mol. The summed E-state index contributed by atoms with van der Waals surface area (Å²) in [6.45, 7) is 1.33. The third-order valence-electron chi connectivity index (χ3n) is 1.80. The van der Waals surface area contributed by atoms with E-state index < -0.39 is 12.7 Å². The van der Waals surface area contributed by atoms with Crippen LogP contribution in [0.2, 0.25) is 5.02 Å². The molecule has 0 heterocycles. The zero-order chi connectivity index (χ0) is 9.14. The second-order valence-corrected chi connectivity index (χ2v) is 3.20. The molecule has 0 aromatic heterocycles. The van der Waals surface area contributed by atoms with Crippen LogP contribution in [0, 0.1) is 6.92 Å². The van der Waals surface area contributed by atoms with E-state index in [0.29, 0.717) is 5.02 Å². The molecule has 0 aliphatic rings. The summed E-state index contributed by atoms with van der Waals surface area (Å²) in [6, 6.07) is 4.75. The second kappa shape index (κ2) is 5.43. The molecule has 74 valence electrons. The Bertz CT molecular complexity index is 278. The standard InChI is InChI=1S/C9H11ClFN.ClH/c1-6-4-7(10)2-3-8(6)9(12)5-11;/h2-4,9H,5,12H2,1H3;1H/t9-;/m1./s1. The van der Waals surface area contributed by atoms with Crippen molar-refractivity contribution in [1.82, 2.24) is 0 Å². The van der Waals surface area contributed by atoms with Gasteiger partial charge in [0.25, 0.3) is 0 Å². The third-order valence-corrected chi connectivity index (χ3v) is 2.03. The quantitative estimate of drug-likeness (QED) is 0.820. The molecule has 0 saturated carbocycles. The van der Waals surface area contributed by atoms with Crippen LogP contribution in [-0.4, -0.2) is 6.67 Å². The van der Waals surface area contributed by atoms with Gasteiger partial charge in [-0.15, -0.1) is 12.4 Å². The Hall–Kier alpha value is -0.310. The molecule has 13 heavy (non-hydrogen) atoms. The first-order valence-corrected chi connectivity index (χ1v) is 4.10. The Morgan fingerprint density at radius 2 is 2.15 bits per heavy atom. The van der Waals surface area contributed by atoms with E-state index in [9.17, 15) is 4.39 Å². The van der Waals surface area contributed by atoms with Gasteiger partial charge in [-0.1, -0.05) is 17.7 Å². The smallest absolute Gasteiger partial charge is 0.109 e. The van der Waals surface area contributed by atoms with Crippen molar-refractivity contribution in [3.8, 4) is 0 Å². The van der Waals surface area contributed by atoms with Crippen molar-refractivity contribution in [2.75, 3.05) is 6.67 Å². The predicted octanol–water partition coefficient (Wildman–Crippen LogP) is 3.04. The van der Waals surface area contributed by atoms with E-state index in [1.165, 1.54) is 0 Å². The van der Waals surface area contributed by atoms with Gasteiger partial charge in [0.2, 0.25) is 0 Å². The van der Waals surface area contributed by atoms with E-state index in [1.807, 2.05) is 6.92 Å². The van der Waals surface area contributed by atoms with Crippen molar-refractivity contribution in [1.29, 1.82) is 0 Å². The molecule has 1 nitrogen and oxygen atoms in total. The van der Waals surface area contributed by atoms with Crippen molar-refractivity contribution >= 4 is 24.0 Å². The molecule has 0 spiro atoms. The highest BCUT2D eigenvalue weighted by Gasteiger charge is 2.07. The van der Waals surface area contributed by atoms with Gasteiger partial charge in [-0.05, 0) is 30.2 Å². The van der Waals surface area contributed by atoms with E-state index in [0.717, 1.165) is 11.1 Å². The van der Waals surface area contributed by atoms with Crippen molar-refractivity contribution in [2.24, 2.45) is 5.73 Å². The summed E-state index contributed by atoms with van der Waals surface area (Å²) in [5.74, 6) is 0. The topological polar surface area (TPSA) is 26.0 Å². The fraction of sp³-hybridized carbons (Fsp3) is 0.333. The largest absolute Gasteiger partial charge is 0.322 e. The minimum Gasteiger partial charge on any atom is -0.322 e. The lowest BCUT2D eigenvalue weighted by Gasteiger charge is -2.10. The minimum absolute atomic E-state index is 0. The Morgan fingerprint density at radius 3 is 2.62 bits per heavy atom. The molecule has 0 bridgehead atoms. The van der Waals surface area contributed by atoms with Crippen LogP contribution < -0.4 is 5.73 Å². The molecular weight excluding hydrogens is 212 g/mol. The van der Waals surface area contributed by atoms with Crippen LogP contribution in [0.4, 0.5) is 4.39 Å². The molecule has 1 rings (SSSR count). The van der Waals surface area contributed by atoms with Crippen molar-refractivity contribution in [2.45, 2.75) is 13.0 Å². The molecule has 0 aliphatic carbocycles. The Balaban J connectivity index is 0.00000144. The number of rotatable bonds is 2. The van der Waals surface area contributed by atoms with Gasteiger partial charge in [-0.3, -0.25) is 0 Å². The van der Waals surface area contributed by atoms with Crippen LogP contribution in [0.25, 0.3) is 0 Å². The molecule has 0 saturated heterocycles. The maximum Gasteiger partial charge on any atom is 0.109 e. The van der Waals surface area contributed by atoms with Gasteiger partial charge in [-0.25, -0.2) is 4.39 Å². The van der Waals surface area contributed by atoms with Crippen molar-refractivity contribution in [3.63, 3.8) is 0 Å². The van der Waals surface area contributed by atoms with Crippen LogP contribution in [-0.2, 0) is 0 Å². The van der Waals surface area contributed by atoms with E-state index in [1.54, 1.807) is 18.2 Å². The first kappa shape index (κ1) is 12.7. The van der Waals surface area contributed by atoms with E-state index in [2.05, 4.69) is 0 Å². The first-order valence-electron chi connectivity index (χ1n) is 3.72. The van der Waals surface area contributed by atoms with Crippen molar-refractivity contribution in [3.05, 3.63) is 34.3 Å². The summed E-state index contributed by atoms with van der Waals surface area (Å²) < 4.78 is 12.2. The van der Waals surface area contributed by atoms with Gasteiger partial charge in [-0.2, -0.15) is 0 Å². The number of halogens is 3. The summed E-state index contributed by atoms with van der Waals surface area (Å²) in [4.78, 5) is 0. The van der Waals surface area contributed by atoms with Gasteiger partial charge in [0.1, 0.15) is 6.67 Å². The van der Waals surface area contributed by atoms with Crippen LogP contribution in [0.15, 0.2) is 18.2 Å². The van der Waals surface area contributed by atoms with Gasteiger partial charge < -0.3 is 5.73 Å². The lowest BCUT2D eigenvalue weighted by atomic mass is 10.0. The molecule has 1 atom stereocenters. The zero-order valence-corrected chi connectivity index (χ0v) is 8.83. The molecule has 1 aromatic rings. The fourth-order valence-electron chi connectivity index (χ4n) is 1.14. The maximum absolute atomic E-state index is 12.2. The number of hydrogen-bond donors (Lipinski definition) is 1. The molecule has 0 aliphatic heterocycles. The monoisotopic (exact) mass is 223 g/mol. The third kappa shape index (κ3) is 3.14. The number of benzene rings is 1. The fourth-order valence-corrected chi connectivity index (χ4v) is 1.36. The Morgan fingerprint density at radius 1 is 1.54 bits per heavy atom. The molecule has 0 fully saturated rings. The molecule has 0 unspecified atom stereocenters. The number of hydrogen-bond acceptors (Lipinski definition) is 1. The zero-order valence-electron chi connectivity index (χ0n) is 7.26. The molecule has 0 radical (unpaired) electrons. The van der Waals surface area contributed by atoms with Crippen LogP contribution in [0.3, 0.4) is 0 Å². The summed E-state index contributed by atoms with van der Waals surface area (Å²) in [6.07, 6.45) is 0. The molecular formula is C9H12Cl2FN. The maximum atomic E-state index is 12.2. The Kier molecular flexibility index (Phi) is 5.30. The normalized spacial score (nSPS) is 12.0. The summed E-state index contributed by atoms with van der Waals surface area (Å²) in [7, 11) is 0. The second-order valence-electron chi connectivity index (χ2n) is 2.76. The number of nitrogens with two attached hydrogens (primary N) is 1. The number of alkyl halides is 1. The SMILES string of the molecule is Cc1cc(Cl)ccc1[C@H](N)CF.Cl. The average Bonchev–Trinajstić information content (AvgIpc) is 2.03. The molecule has 2 N–H and O–H groups in total. The molecule has 4 heteroatoms. The van der Waals surface area contributed by atoms with Crippen molar-refractivity contribution < 1.29 is 4.39 Å². The van der Waals surface area contributed by atoms with Crippen LogP contribution in [0.5, 0.6) is 0 Å². The highest BCUT2D eigenvalue weighted by molar-refractivity contribution is 6.30. The van der Waals surface area contributed by atoms with Crippen LogP contribution in [0.1, 0.15) is 17.2 Å². The molecule has 0 amide bonds. The Labute approximate surface area is 88.5 Å². The van der Waals surface area contributed by atoms with Gasteiger partial charge in [0, 0.05) is 5.02 Å². The minimum atomic E-state index is -0.539. The first-order chi connectivity index (χ1) is 5.65. The van der Waals surface area contributed by atoms with E-state index in [4.69, 9.17) is 17.3 Å². The lowest BCUT2D eigenvalue weighted by molar-refractivity contribution is 0.436. The van der Waals surface area contributed by atoms with Gasteiger partial charge >= 0.3 is 0 Å². The highest BCUT2D eigenvalue weighted by atomic mass is 35.5. The molecule has 1 aromatic carbocycles. The van der Waals surface area contributed by atoms with E-state index >= 15 is 0 Å². The highest BCUT2D eigenvalue weighted by Crippen LogP contribution is 2.19. The summed E-state index contributed by atoms with van der Waals surface area (Å²) in [5, 5.41) is 0.655. The summed E-state index contributed by atoms with van der Waals surface area (Å²) >= 11 is 5.73. The van der Waals surface area contributed by atoms with Gasteiger partial charge in [0.05, 0.1) is 6.04 Å². The van der Waals surface area contributed by atoms with E-state index in [-0.39, 0.29) is 12.4 Å². The number of aryl methyl sites for hydroxylation is 1. The summed E-state index contributed by atoms with van der Waals surface area (Å²) in [5.41, 5.74) is 7.29. The van der Waals surface area contributed by atoms with Crippen LogP contribution >= 0.6 is 24.0 Å². The van der Waals surface area contributed by atoms with Gasteiger partial charge in [0.15, 0.2) is 0 Å². The lowest BCUT2D eigenvalue weighted by Crippen LogP contribution is -2.13. The average molecular weight is 224 g/mol.